The van der Waals surface area contributed by atoms with E-state index in [-0.39, 0.29) is 12.8 Å². The van der Waals surface area contributed by atoms with Crippen molar-refractivity contribution in [2.24, 2.45) is 0 Å². The van der Waals surface area contributed by atoms with Crippen molar-refractivity contribution in [3.05, 3.63) is 23.8 Å². The first-order chi connectivity index (χ1) is 8.75. The van der Waals surface area contributed by atoms with Gasteiger partial charge in [-0.2, -0.15) is 0 Å². The highest BCUT2D eigenvalue weighted by Gasteiger charge is 2.28. The van der Waals surface area contributed by atoms with Gasteiger partial charge in [0.25, 0.3) is 0 Å². The minimum absolute atomic E-state index is 0.0760. The lowest BCUT2D eigenvalue weighted by Gasteiger charge is -2.27. The maximum atomic E-state index is 14.5. The third-order valence-electron chi connectivity index (χ3n) is 3.86. The van der Waals surface area contributed by atoms with Gasteiger partial charge in [-0.25, -0.2) is 4.39 Å². The number of rotatable bonds is 3. The molecule has 0 amide bonds. The number of nitrogens with zero attached hydrogens (tertiary/aromatic N) is 1. The molecule has 3 rings (SSSR count). The van der Waals surface area contributed by atoms with Gasteiger partial charge >= 0.3 is 0 Å². The molecule has 98 valence electrons. The van der Waals surface area contributed by atoms with Crippen molar-refractivity contribution < 1.29 is 13.9 Å². The second-order valence-electron chi connectivity index (χ2n) is 5.00. The van der Waals surface area contributed by atoms with Crippen molar-refractivity contribution in [2.45, 2.75) is 32.0 Å². The van der Waals surface area contributed by atoms with Gasteiger partial charge in [-0.3, -0.25) is 4.90 Å². The van der Waals surface area contributed by atoms with Crippen LogP contribution in [0.2, 0.25) is 0 Å². The topological polar surface area (TPSA) is 21.7 Å². The summed E-state index contributed by atoms with van der Waals surface area (Å²) in [7, 11) is 0. The van der Waals surface area contributed by atoms with Gasteiger partial charge < -0.3 is 9.47 Å². The first-order valence-electron chi connectivity index (χ1n) is 6.53. The Kier molecular flexibility index (Phi) is 3.12. The summed E-state index contributed by atoms with van der Waals surface area (Å²) >= 11 is 0. The molecule has 3 nitrogen and oxygen atoms in total. The highest BCUT2D eigenvalue weighted by Crippen LogP contribution is 2.36. The molecule has 0 bridgehead atoms. The fraction of sp³-hybridized carbons (Fsp3) is 0.571. The fourth-order valence-electron chi connectivity index (χ4n) is 2.70. The van der Waals surface area contributed by atoms with Crippen LogP contribution in [0.3, 0.4) is 0 Å². The van der Waals surface area contributed by atoms with Crippen molar-refractivity contribution in [1.82, 2.24) is 4.90 Å². The van der Waals surface area contributed by atoms with Crippen LogP contribution in [0, 0.1) is 0 Å². The van der Waals surface area contributed by atoms with Crippen molar-refractivity contribution in [3.63, 3.8) is 0 Å². The largest absolute Gasteiger partial charge is 0.454 e. The van der Waals surface area contributed by atoms with E-state index >= 15 is 0 Å². The number of ether oxygens (including phenoxy) is 2. The van der Waals surface area contributed by atoms with Gasteiger partial charge in [-0.15, -0.1) is 0 Å². The molecule has 0 saturated carbocycles. The van der Waals surface area contributed by atoms with Crippen molar-refractivity contribution in [2.75, 3.05) is 19.9 Å². The maximum absolute atomic E-state index is 14.5. The van der Waals surface area contributed by atoms with Crippen LogP contribution in [0.25, 0.3) is 0 Å². The molecule has 2 aliphatic rings. The first kappa shape index (κ1) is 11.8. The van der Waals surface area contributed by atoms with Crippen molar-refractivity contribution in [3.8, 4) is 11.5 Å². The molecule has 1 fully saturated rings. The number of fused-ring (bicyclic) bond motifs is 1. The number of alkyl halides is 1. The summed E-state index contributed by atoms with van der Waals surface area (Å²) in [6.07, 6.45) is 1.38. The summed E-state index contributed by atoms with van der Waals surface area (Å²) in [6.45, 7) is 4.20. The molecule has 1 aromatic rings. The molecule has 0 aromatic heterocycles. The van der Waals surface area contributed by atoms with E-state index in [9.17, 15) is 4.39 Å². The minimum Gasteiger partial charge on any atom is -0.454 e. The average Bonchev–Trinajstić information content (AvgIpc) is 3.06. The number of benzene rings is 1. The molecule has 2 aliphatic heterocycles. The lowest BCUT2D eigenvalue weighted by molar-refractivity contribution is 0.147. The number of halogens is 1. The van der Waals surface area contributed by atoms with E-state index in [0.717, 1.165) is 13.1 Å². The zero-order chi connectivity index (χ0) is 12.5. The SMILES string of the molecule is CC(C(F)c1ccc2c(c1)OCO2)N1CCCC1. The van der Waals surface area contributed by atoms with Crippen LogP contribution in [0.1, 0.15) is 31.5 Å². The van der Waals surface area contributed by atoms with Crippen LogP contribution in [0.15, 0.2) is 18.2 Å². The zero-order valence-corrected chi connectivity index (χ0v) is 10.6. The highest BCUT2D eigenvalue weighted by atomic mass is 19.1. The molecule has 1 saturated heterocycles. The van der Waals surface area contributed by atoms with Crippen LogP contribution >= 0.6 is 0 Å². The average molecular weight is 251 g/mol. The Morgan fingerprint density at radius 3 is 2.67 bits per heavy atom. The smallest absolute Gasteiger partial charge is 0.231 e. The van der Waals surface area contributed by atoms with E-state index in [1.54, 1.807) is 18.2 Å². The summed E-state index contributed by atoms with van der Waals surface area (Å²) < 4.78 is 25.0. The summed E-state index contributed by atoms with van der Waals surface area (Å²) in [5.74, 6) is 1.36. The van der Waals surface area contributed by atoms with Crippen molar-refractivity contribution in [1.29, 1.82) is 0 Å². The van der Waals surface area contributed by atoms with Gasteiger partial charge in [0.05, 0.1) is 0 Å². The molecule has 1 aromatic carbocycles. The standard InChI is InChI=1S/C14H18FNO2/c1-10(16-6-2-3-7-16)14(15)11-4-5-12-13(8-11)18-9-17-12/h4-5,8,10,14H,2-3,6-7,9H2,1H3. The van der Waals surface area contributed by atoms with Crippen LogP contribution in [-0.2, 0) is 0 Å². The quantitative estimate of drug-likeness (QED) is 0.824. The van der Waals surface area contributed by atoms with Gasteiger partial charge in [0, 0.05) is 6.04 Å². The molecule has 18 heavy (non-hydrogen) atoms. The Morgan fingerprint density at radius 2 is 1.89 bits per heavy atom. The van der Waals surface area contributed by atoms with Gasteiger partial charge in [0.15, 0.2) is 11.5 Å². The lowest BCUT2D eigenvalue weighted by Crippen LogP contribution is -2.33. The summed E-state index contributed by atoms with van der Waals surface area (Å²) in [5.41, 5.74) is 0.679. The molecular weight excluding hydrogens is 233 g/mol. The van der Waals surface area contributed by atoms with Gasteiger partial charge in [-0.1, -0.05) is 6.07 Å². The molecule has 0 aliphatic carbocycles. The molecule has 2 heterocycles. The fourth-order valence-corrected chi connectivity index (χ4v) is 2.70. The van der Waals surface area contributed by atoms with E-state index in [1.165, 1.54) is 12.8 Å². The van der Waals surface area contributed by atoms with E-state index in [1.807, 2.05) is 6.92 Å². The van der Waals surface area contributed by atoms with Gasteiger partial charge in [-0.05, 0) is 50.6 Å². The van der Waals surface area contributed by atoms with Crippen LogP contribution in [0.5, 0.6) is 11.5 Å². The molecule has 0 N–H and O–H groups in total. The van der Waals surface area contributed by atoms with E-state index in [4.69, 9.17) is 9.47 Å². The van der Waals surface area contributed by atoms with Crippen LogP contribution < -0.4 is 9.47 Å². The molecular formula is C14H18FNO2. The van der Waals surface area contributed by atoms with E-state index < -0.39 is 6.17 Å². The van der Waals surface area contributed by atoms with Crippen LogP contribution in [-0.4, -0.2) is 30.8 Å². The Bertz CT molecular complexity index is 432. The normalized spacial score (nSPS) is 22.1. The highest BCUT2D eigenvalue weighted by molar-refractivity contribution is 5.45. The first-order valence-corrected chi connectivity index (χ1v) is 6.53. The Hall–Kier alpha value is -1.29. The molecule has 2 unspecified atom stereocenters. The predicted octanol–water partition coefficient (Wildman–Crippen LogP) is 2.91. The van der Waals surface area contributed by atoms with Gasteiger partial charge in [0.1, 0.15) is 6.17 Å². The minimum atomic E-state index is -0.974. The van der Waals surface area contributed by atoms with Crippen molar-refractivity contribution >= 4 is 0 Å². The summed E-state index contributed by atoms with van der Waals surface area (Å²) in [5, 5.41) is 0. The molecule has 2 atom stereocenters. The molecule has 4 heteroatoms. The summed E-state index contributed by atoms with van der Waals surface area (Å²) in [4.78, 5) is 2.22. The second-order valence-corrected chi connectivity index (χ2v) is 5.00. The maximum Gasteiger partial charge on any atom is 0.231 e. The zero-order valence-electron chi connectivity index (χ0n) is 10.6. The number of likely N-dealkylation sites (tertiary alicyclic amines) is 1. The van der Waals surface area contributed by atoms with Gasteiger partial charge in [0.2, 0.25) is 6.79 Å². The molecule has 0 radical (unpaired) electrons. The molecule has 0 spiro atoms. The third-order valence-corrected chi connectivity index (χ3v) is 3.86. The van der Waals surface area contributed by atoms with E-state index in [2.05, 4.69) is 4.90 Å². The Morgan fingerprint density at radius 1 is 1.17 bits per heavy atom. The number of hydrogen-bond donors (Lipinski definition) is 0. The van der Waals surface area contributed by atoms with E-state index in [0.29, 0.717) is 17.1 Å². The predicted molar refractivity (Wildman–Crippen MR) is 66.7 cm³/mol. The summed E-state index contributed by atoms with van der Waals surface area (Å²) in [6, 6.07) is 5.28. The van der Waals surface area contributed by atoms with Crippen LogP contribution in [0.4, 0.5) is 4.39 Å². The Balaban J connectivity index is 1.77. The lowest BCUT2D eigenvalue weighted by atomic mass is 10.0. The monoisotopic (exact) mass is 251 g/mol. The second kappa shape index (κ2) is 4.76. The Labute approximate surface area is 106 Å². The number of hydrogen-bond acceptors (Lipinski definition) is 3. The third kappa shape index (κ3) is 2.05.